The first-order valence-electron chi connectivity index (χ1n) is 10.2. The number of ether oxygens (including phenoxy) is 2. The fourth-order valence-electron chi connectivity index (χ4n) is 3.36. The average Bonchev–Trinajstić information content (AvgIpc) is 2.83. The summed E-state index contributed by atoms with van der Waals surface area (Å²) in [5, 5.41) is 15.9. The largest absolute Gasteiger partial charge is 0.507 e. The number of carbonyl (C=O) groups excluding carboxylic acids is 1. The van der Waals surface area contributed by atoms with Crippen LogP contribution in [0, 0.1) is 5.82 Å². The predicted octanol–water partition coefficient (Wildman–Crippen LogP) is 5.80. The van der Waals surface area contributed by atoms with Gasteiger partial charge in [-0.3, -0.25) is 4.79 Å². The Labute approximate surface area is 203 Å². The topological polar surface area (TPSA) is 80.2 Å². The number of methoxy groups -OCH3 is 1. The molecule has 4 aromatic carbocycles. The van der Waals surface area contributed by atoms with Crippen LogP contribution in [-0.4, -0.2) is 24.3 Å². The highest BCUT2D eigenvalue weighted by atomic mass is 79.9. The molecule has 6 nitrogen and oxygen atoms in total. The fraction of sp³-hybridized carbons (Fsp3) is 0.0769. The standard InChI is InChI=1S/C26H20BrFN2O4/c1-33-24-11-16(10-21(27)25(24)34-15-19-8-4-5-9-22(19)28)14-29-30-26(32)20-12-17-6-2-3-7-18(17)13-23(20)31/h2-14,31H,15H2,1H3,(H,30,32). The molecule has 0 heterocycles. The van der Waals surface area contributed by atoms with Crippen molar-refractivity contribution in [2.45, 2.75) is 6.61 Å². The number of benzene rings is 4. The van der Waals surface area contributed by atoms with Gasteiger partial charge >= 0.3 is 0 Å². The Balaban J connectivity index is 1.48. The van der Waals surface area contributed by atoms with E-state index in [0.29, 0.717) is 27.1 Å². The maximum Gasteiger partial charge on any atom is 0.275 e. The van der Waals surface area contributed by atoms with E-state index in [2.05, 4.69) is 26.5 Å². The molecule has 1 amide bonds. The van der Waals surface area contributed by atoms with Gasteiger partial charge in [-0.25, -0.2) is 9.82 Å². The lowest BCUT2D eigenvalue weighted by molar-refractivity contribution is 0.0952. The smallest absolute Gasteiger partial charge is 0.275 e. The zero-order valence-corrected chi connectivity index (χ0v) is 19.7. The first-order valence-corrected chi connectivity index (χ1v) is 11.0. The van der Waals surface area contributed by atoms with E-state index in [4.69, 9.17) is 9.47 Å². The van der Waals surface area contributed by atoms with Crippen molar-refractivity contribution in [1.29, 1.82) is 0 Å². The number of fused-ring (bicyclic) bond motifs is 1. The van der Waals surface area contributed by atoms with Crippen molar-refractivity contribution in [3.8, 4) is 17.2 Å². The number of halogens is 2. The van der Waals surface area contributed by atoms with E-state index in [-0.39, 0.29) is 23.7 Å². The van der Waals surface area contributed by atoms with Gasteiger partial charge in [0.15, 0.2) is 11.5 Å². The van der Waals surface area contributed by atoms with E-state index in [1.54, 1.807) is 36.4 Å². The van der Waals surface area contributed by atoms with Crippen LogP contribution in [0.4, 0.5) is 4.39 Å². The molecular formula is C26H20BrFN2O4. The molecule has 0 saturated carbocycles. The Kier molecular flexibility index (Phi) is 7.08. The third-order valence-corrected chi connectivity index (χ3v) is 5.66. The highest BCUT2D eigenvalue weighted by Crippen LogP contribution is 2.37. The summed E-state index contributed by atoms with van der Waals surface area (Å²) in [4.78, 5) is 12.5. The summed E-state index contributed by atoms with van der Waals surface area (Å²) in [6, 6.07) is 20.3. The molecule has 0 atom stereocenters. The third-order valence-electron chi connectivity index (χ3n) is 5.07. The van der Waals surface area contributed by atoms with Crippen molar-refractivity contribution in [3.63, 3.8) is 0 Å². The van der Waals surface area contributed by atoms with E-state index in [9.17, 15) is 14.3 Å². The number of hydrogen-bond acceptors (Lipinski definition) is 5. The number of rotatable bonds is 7. The van der Waals surface area contributed by atoms with E-state index < -0.39 is 5.91 Å². The summed E-state index contributed by atoms with van der Waals surface area (Å²) in [6.45, 7) is 0.0282. The lowest BCUT2D eigenvalue weighted by Crippen LogP contribution is -2.17. The maximum atomic E-state index is 13.9. The van der Waals surface area contributed by atoms with Crippen molar-refractivity contribution in [2.75, 3.05) is 7.11 Å². The highest BCUT2D eigenvalue weighted by Gasteiger charge is 2.14. The van der Waals surface area contributed by atoms with E-state index in [1.807, 2.05) is 24.3 Å². The Morgan fingerprint density at radius 2 is 1.79 bits per heavy atom. The van der Waals surface area contributed by atoms with E-state index in [1.165, 1.54) is 25.5 Å². The number of phenols is 1. The molecule has 34 heavy (non-hydrogen) atoms. The summed E-state index contributed by atoms with van der Waals surface area (Å²) in [5.74, 6) is -0.212. The highest BCUT2D eigenvalue weighted by molar-refractivity contribution is 9.10. The van der Waals surface area contributed by atoms with Crippen LogP contribution < -0.4 is 14.9 Å². The summed E-state index contributed by atoms with van der Waals surface area (Å²) >= 11 is 3.44. The zero-order valence-electron chi connectivity index (χ0n) is 18.1. The molecule has 0 unspecified atom stereocenters. The minimum absolute atomic E-state index is 0.0282. The molecule has 0 aliphatic heterocycles. The van der Waals surface area contributed by atoms with Gasteiger partial charge in [0.2, 0.25) is 0 Å². The number of nitrogens with one attached hydrogen (secondary N) is 1. The van der Waals surface area contributed by atoms with Gasteiger partial charge in [0.05, 0.1) is 23.4 Å². The fourth-order valence-corrected chi connectivity index (χ4v) is 3.93. The Hall–Kier alpha value is -3.91. The summed E-state index contributed by atoms with van der Waals surface area (Å²) < 4.78 is 25.6. The molecule has 0 saturated heterocycles. The van der Waals surface area contributed by atoms with Gasteiger partial charge < -0.3 is 14.6 Å². The van der Waals surface area contributed by atoms with Crippen molar-refractivity contribution < 1.29 is 23.8 Å². The Morgan fingerprint density at radius 3 is 2.53 bits per heavy atom. The molecule has 172 valence electrons. The molecule has 4 rings (SSSR count). The lowest BCUT2D eigenvalue weighted by Gasteiger charge is -2.14. The van der Waals surface area contributed by atoms with Crippen LogP contribution in [0.2, 0.25) is 0 Å². The first kappa shape index (κ1) is 23.3. The van der Waals surface area contributed by atoms with Crippen molar-refractivity contribution in [3.05, 3.63) is 99.8 Å². The molecule has 0 aliphatic rings. The quantitative estimate of drug-likeness (QED) is 0.237. The number of carbonyl (C=O) groups is 1. The minimum atomic E-state index is -0.546. The number of amides is 1. The van der Waals surface area contributed by atoms with Gasteiger partial charge in [0.1, 0.15) is 18.2 Å². The number of phenolic OH excluding ortho intramolecular Hbond substituents is 1. The second-order valence-electron chi connectivity index (χ2n) is 7.33. The second-order valence-corrected chi connectivity index (χ2v) is 8.18. The molecule has 0 aromatic heterocycles. The van der Waals surface area contributed by atoms with Crippen LogP contribution in [0.5, 0.6) is 17.2 Å². The average molecular weight is 523 g/mol. The second kappa shape index (κ2) is 10.4. The molecule has 0 radical (unpaired) electrons. The lowest BCUT2D eigenvalue weighted by atomic mass is 10.1. The molecule has 0 fully saturated rings. The summed E-state index contributed by atoms with van der Waals surface area (Å²) in [6.07, 6.45) is 1.43. The van der Waals surface area contributed by atoms with Crippen molar-refractivity contribution >= 4 is 38.8 Å². The van der Waals surface area contributed by atoms with Crippen molar-refractivity contribution in [2.24, 2.45) is 5.10 Å². The van der Waals surface area contributed by atoms with Gasteiger partial charge in [-0.2, -0.15) is 5.10 Å². The zero-order chi connectivity index (χ0) is 24.1. The number of hydrogen-bond donors (Lipinski definition) is 2. The van der Waals surface area contributed by atoms with Gasteiger partial charge in [-0.1, -0.05) is 42.5 Å². The predicted molar refractivity (Wildman–Crippen MR) is 132 cm³/mol. The minimum Gasteiger partial charge on any atom is -0.507 e. The number of nitrogens with zero attached hydrogens (tertiary/aromatic N) is 1. The molecule has 2 N–H and O–H groups in total. The van der Waals surface area contributed by atoms with Crippen LogP contribution in [0.1, 0.15) is 21.5 Å². The van der Waals surface area contributed by atoms with Gasteiger partial charge in [-0.05, 0) is 62.6 Å². The molecule has 4 aromatic rings. The molecule has 0 aliphatic carbocycles. The van der Waals surface area contributed by atoms with Gasteiger partial charge in [0, 0.05) is 5.56 Å². The van der Waals surface area contributed by atoms with Crippen molar-refractivity contribution in [1.82, 2.24) is 5.43 Å². The first-order chi connectivity index (χ1) is 16.5. The van der Waals surface area contributed by atoms with Crippen LogP contribution in [0.15, 0.2) is 82.4 Å². The van der Waals surface area contributed by atoms with Crippen LogP contribution in [0.25, 0.3) is 10.8 Å². The van der Waals surface area contributed by atoms with Crippen LogP contribution >= 0.6 is 15.9 Å². The summed E-state index contributed by atoms with van der Waals surface area (Å²) in [7, 11) is 1.49. The van der Waals surface area contributed by atoms with E-state index in [0.717, 1.165) is 10.8 Å². The molecule has 8 heteroatoms. The van der Waals surface area contributed by atoms with Crippen LogP contribution in [0.3, 0.4) is 0 Å². The molecule has 0 spiro atoms. The maximum absolute atomic E-state index is 13.9. The van der Waals surface area contributed by atoms with Gasteiger partial charge in [-0.15, -0.1) is 0 Å². The molecule has 0 bridgehead atoms. The molecular weight excluding hydrogens is 503 g/mol. The number of aromatic hydroxyl groups is 1. The van der Waals surface area contributed by atoms with Crippen LogP contribution in [-0.2, 0) is 6.61 Å². The normalized spacial score (nSPS) is 11.0. The van der Waals surface area contributed by atoms with Gasteiger partial charge in [0.25, 0.3) is 5.91 Å². The Bertz CT molecular complexity index is 1390. The summed E-state index contributed by atoms with van der Waals surface area (Å²) in [5.41, 5.74) is 3.57. The third kappa shape index (κ3) is 5.18. The van der Waals surface area contributed by atoms with E-state index >= 15 is 0 Å². The number of hydrazone groups is 1. The monoisotopic (exact) mass is 522 g/mol. The SMILES string of the molecule is COc1cc(C=NNC(=O)c2cc3ccccc3cc2O)cc(Br)c1OCc1ccccc1F. The Morgan fingerprint density at radius 1 is 1.09 bits per heavy atom.